The molecule has 0 bridgehead atoms. The summed E-state index contributed by atoms with van der Waals surface area (Å²) in [6.07, 6.45) is 1.21. The highest BCUT2D eigenvalue weighted by molar-refractivity contribution is 14.0. The van der Waals surface area contributed by atoms with Crippen molar-refractivity contribution in [2.24, 2.45) is 10.9 Å². The largest absolute Gasteiger partial charge is 0.466 e. The van der Waals surface area contributed by atoms with Crippen LogP contribution in [0.5, 0.6) is 0 Å². The van der Waals surface area contributed by atoms with Gasteiger partial charge in [0, 0.05) is 25.7 Å². The summed E-state index contributed by atoms with van der Waals surface area (Å²) in [5.74, 6) is 2.94. The lowest BCUT2D eigenvalue weighted by Crippen LogP contribution is -2.45. The first-order valence-corrected chi connectivity index (χ1v) is 8.25. The number of hydrogen-bond donors (Lipinski definition) is 3. The van der Waals surface area contributed by atoms with Crippen molar-refractivity contribution in [1.82, 2.24) is 15.5 Å². The number of guanidine groups is 1. The molecule has 0 spiro atoms. The Morgan fingerprint density at radius 1 is 1.46 bits per heavy atom. The molecule has 0 radical (unpaired) electrons. The van der Waals surface area contributed by atoms with E-state index >= 15 is 0 Å². The van der Waals surface area contributed by atoms with Crippen molar-refractivity contribution in [3.05, 3.63) is 23.2 Å². The fourth-order valence-corrected chi connectivity index (χ4v) is 3.17. The topological polar surface area (TPSA) is 73.0 Å². The summed E-state index contributed by atoms with van der Waals surface area (Å²) in [6.45, 7) is 9.10. The number of aliphatic imine (C=N–C) groups is 1. The van der Waals surface area contributed by atoms with Gasteiger partial charge in [-0.2, -0.15) is 0 Å². The summed E-state index contributed by atoms with van der Waals surface area (Å²) < 4.78 is 5.52. The Bertz CT molecular complexity index is 557. The number of furan rings is 1. The summed E-state index contributed by atoms with van der Waals surface area (Å²) >= 11 is 0. The number of aliphatic hydroxyl groups is 1. The van der Waals surface area contributed by atoms with Crippen molar-refractivity contribution < 1.29 is 9.52 Å². The number of halogens is 1. The third-order valence-corrected chi connectivity index (χ3v) is 4.49. The van der Waals surface area contributed by atoms with Gasteiger partial charge in [-0.15, -0.1) is 24.0 Å². The second-order valence-electron chi connectivity index (χ2n) is 6.82. The molecule has 1 saturated heterocycles. The van der Waals surface area contributed by atoms with Crippen LogP contribution >= 0.6 is 24.0 Å². The number of nitrogens with zero attached hydrogens (tertiary/aromatic N) is 2. The first-order chi connectivity index (χ1) is 10.8. The number of nitrogens with one attached hydrogen (secondary N) is 2. The smallest absolute Gasteiger partial charge is 0.191 e. The average Bonchev–Trinajstić information content (AvgIpc) is 3.05. The molecule has 6 nitrogen and oxygen atoms in total. The lowest BCUT2D eigenvalue weighted by atomic mass is 9.96. The summed E-state index contributed by atoms with van der Waals surface area (Å²) in [4.78, 5) is 6.58. The lowest BCUT2D eigenvalue weighted by molar-refractivity contribution is 0.0601. The minimum absolute atomic E-state index is 0. The van der Waals surface area contributed by atoms with Gasteiger partial charge < -0.3 is 25.1 Å². The van der Waals surface area contributed by atoms with E-state index in [-0.39, 0.29) is 24.0 Å². The fraction of sp³-hybridized carbons (Fsp3) is 0.706. The van der Waals surface area contributed by atoms with Crippen LogP contribution in [0.25, 0.3) is 0 Å². The van der Waals surface area contributed by atoms with Crippen molar-refractivity contribution in [2.75, 3.05) is 40.3 Å². The van der Waals surface area contributed by atoms with E-state index in [1.165, 1.54) is 6.42 Å². The number of aryl methyl sites for hydroxylation is 2. The Hall–Kier alpha value is -0.800. The molecule has 2 atom stereocenters. The van der Waals surface area contributed by atoms with Gasteiger partial charge in [0.2, 0.25) is 0 Å². The SMILES string of the molecule is CN=C(NCC1CCN(C)C1)NCC(C)(O)c1cc(C)oc1C.I. The van der Waals surface area contributed by atoms with Gasteiger partial charge in [-0.05, 0) is 52.8 Å². The Kier molecular flexibility index (Phi) is 8.01. The molecule has 2 unspecified atom stereocenters. The van der Waals surface area contributed by atoms with E-state index in [0.29, 0.717) is 12.5 Å². The Labute approximate surface area is 162 Å². The standard InChI is InChI=1S/C17H30N4O2.HI/c1-12-8-15(13(2)23-12)17(3,22)11-20-16(18-4)19-9-14-6-7-21(5)10-14;/h8,14,22H,6-7,9-11H2,1-5H3,(H2,18,19,20);1H. The molecule has 0 aromatic carbocycles. The Balaban J connectivity index is 0.00000288. The highest BCUT2D eigenvalue weighted by Crippen LogP contribution is 2.26. The van der Waals surface area contributed by atoms with Gasteiger partial charge in [0.1, 0.15) is 17.1 Å². The van der Waals surface area contributed by atoms with Crippen LogP contribution in [0.1, 0.15) is 30.4 Å². The van der Waals surface area contributed by atoms with E-state index in [0.717, 1.165) is 42.7 Å². The van der Waals surface area contributed by atoms with Crippen molar-refractivity contribution in [3.63, 3.8) is 0 Å². The number of rotatable bonds is 5. The highest BCUT2D eigenvalue weighted by Gasteiger charge is 2.28. The molecular weight excluding hydrogens is 419 g/mol. The van der Waals surface area contributed by atoms with E-state index in [1.54, 1.807) is 14.0 Å². The molecular formula is C17H31IN4O2. The molecule has 0 amide bonds. The second kappa shape index (κ2) is 9.05. The van der Waals surface area contributed by atoms with Gasteiger partial charge in [0.05, 0.1) is 6.54 Å². The van der Waals surface area contributed by atoms with Crippen LogP contribution in [0.3, 0.4) is 0 Å². The number of likely N-dealkylation sites (tertiary alicyclic amines) is 1. The minimum Gasteiger partial charge on any atom is -0.466 e. The van der Waals surface area contributed by atoms with Gasteiger partial charge in [-0.1, -0.05) is 0 Å². The molecule has 138 valence electrons. The average molecular weight is 450 g/mol. The monoisotopic (exact) mass is 450 g/mol. The van der Waals surface area contributed by atoms with Crippen molar-refractivity contribution in [3.8, 4) is 0 Å². The van der Waals surface area contributed by atoms with Crippen LogP contribution in [-0.2, 0) is 5.60 Å². The third-order valence-electron chi connectivity index (χ3n) is 4.49. The molecule has 0 aliphatic carbocycles. The molecule has 2 heterocycles. The number of hydrogen-bond acceptors (Lipinski definition) is 4. The molecule has 1 aliphatic rings. The van der Waals surface area contributed by atoms with Crippen molar-refractivity contribution in [2.45, 2.75) is 32.8 Å². The van der Waals surface area contributed by atoms with Crippen LogP contribution < -0.4 is 10.6 Å². The van der Waals surface area contributed by atoms with Crippen LogP contribution in [0.2, 0.25) is 0 Å². The molecule has 1 aromatic heterocycles. The summed E-state index contributed by atoms with van der Waals surface area (Å²) in [5.41, 5.74) is -0.192. The normalized spacial score (nSPS) is 21.2. The van der Waals surface area contributed by atoms with Gasteiger partial charge >= 0.3 is 0 Å². The van der Waals surface area contributed by atoms with E-state index < -0.39 is 5.60 Å². The van der Waals surface area contributed by atoms with Crippen molar-refractivity contribution >= 4 is 29.9 Å². The zero-order valence-electron chi connectivity index (χ0n) is 15.3. The lowest BCUT2D eigenvalue weighted by Gasteiger charge is -2.25. The van der Waals surface area contributed by atoms with Crippen LogP contribution in [0.4, 0.5) is 0 Å². The van der Waals surface area contributed by atoms with Crippen LogP contribution in [0, 0.1) is 19.8 Å². The minimum atomic E-state index is -1.01. The summed E-state index contributed by atoms with van der Waals surface area (Å²) in [5, 5.41) is 17.3. The zero-order valence-corrected chi connectivity index (χ0v) is 17.7. The van der Waals surface area contributed by atoms with Gasteiger partial charge in [0.15, 0.2) is 5.96 Å². The second-order valence-corrected chi connectivity index (χ2v) is 6.82. The predicted molar refractivity (Wildman–Crippen MR) is 108 cm³/mol. The summed E-state index contributed by atoms with van der Waals surface area (Å²) in [7, 11) is 3.90. The maximum Gasteiger partial charge on any atom is 0.191 e. The van der Waals surface area contributed by atoms with Crippen LogP contribution in [0.15, 0.2) is 15.5 Å². The van der Waals surface area contributed by atoms with E-state index in [4.69, 9.17) is 4.42 Å². The van der Waals surface area contributed by atoms with E-state index in [9.17, 15) is 5.11 Å². The molecule has 7 heteroatoms. The fourth-order valence-electron chi connectivity index (χ4n) is 3.17. The maximum atomic E-state index is 10.7. The molecule has 0 saturated carbocycles. The first kappa shape index (κ1) is 21.2. The quantitative estimate of drug-likeness (QED) is 0.363. The molecule has 1 fully saturated rings. The van der Waals surface area contributed by atoms with Crippen LogP contribution in [-0.4, -0.2) is 56.2 Å². The molecule has 2 rings (SSSR count). The molecule has 1 aliphatic heterocycles. The first-order valence-electron chi connectivity index (χ1n) is 8.25. The van der Waals surface area contributed by atoms with Gasteiger partial charge in [0.25, 0.3) is 0 Å². The molecule has 1 aromatic rings. The summed E-state index contributed by atoms with van der Waals surface area (Å²) in [6, 6.07) is 1.89. The predicted octanol–water partition coefficient (Wildman–Crippen LogP) is 1.84. The molecule has 24 heavy (non-hydrogen) atoms. The van der Waals surface area contributed by atoms with Crippen molar-refractivity contribution in [1.29, 1.82) is 0 Å². The van der Waals surface area contributed by atoms with E-state index in [2.05, 4.69) is 27.6 Å². The molecule has 3 N–H and O–H groups in total. The maximum absolute atomic E-state index is 10.7. The Morgan fingerprint density at radius 3 is 2.67 bits per heavy atom. The Morgan fingerprint density at radius 2 is 2.17 bits per heavy atom. The zero-order chi connectivity index (χ0) is 17.0. The highest BCUT2D eigenvalue weighted by atomic mass is 127. The van der Waals surface area contributed by atoms with E-state index in [1.807, 2.05) is 19.9 Å². The third kappa shape index (κ3) is 5.63. The van der Waals surface area contributed by atoms with Gasteiger partial charge in [-0.3, -0.25) is 4.99 Å². The van der Waals surface area contributed by atoms with Gasteiger partial charge in [-0.25, -0.2) is 0 Å².